The van der Waals surface area contributed by atoms with Crippen molar-refractivity contribution in [3.63, 3.8) is 0 Å². The molecule has 0 aromatic carbocycles. The van der Waals surface area contributed by atoms with Crippen LogP contribution in [0.15, 0.2) is 0 Å². The smallest absolute Gasteiger partial charge is 0.0862 e. The average molecular weight is 167 g/mol. The number of nitrogens with two attached hydrogens (primary N) is 1. The van der Waals surface area contributed by atoms with E-state index < -0.39 is 0 Å². The average Bonchev–Trinajstić information content (AvgIpc) is 2.27. The molecule has 2 saturated carbocycles. The molecule has 0 bridgehead atoms. The van der Waals surface area contributed by atoms with Crippen LogP contribution in [0.25, 0.3) is 0 Å². The Kier molecular flexibility index (Phi) is 0.839. The number of hydrogen-bond acceptors (Lipinski definition) is 3. The van der Waals surface area contributed by atoms with Crippen LogP contribution >= 0.6 is 0 Å². The maximum atomic E-state index is 5.98. The van der Waals surface area contributed by atoms with Crippen molar-refractivity contribution in [3.05, 3.63) is 0 Å². The molecule has 12 heavy (non-hydrogen) atoms. The van der Waals surface area contributed by atoms with Gasteiger partial charge in [-0.1, -0.05) is 0 Å². The standard InChI is InChI=1S/C9H13NO2/c10-4-3-7-9-5(11-7)1-2-6(9)12-8(4)9/h4-8H,1-3,10H2/t4-,5?,6?,7?,8?,9?/m1/s1. The molecule has 2 aliphatic heterocycles. The molecule has 4 rings (SSSR count). The second-order valence-corrected chi connectivity index (χ2v) is 4.64. The van der Waals surface area contributed by atoms with E-state index in [0.717, 1.165) is 6.42 Å². The molecule has 66 valence electrons. The van der Waals surface area contributed by atoms with Crippen molar-refractivity contribution >= 4 is 0 Å². The molecule has 1 spiro atoms. The lowest BCUT2D eigenvalue weighted by atomic mass is 9.68. The highest BCUT2D eigenvalue weighted by atomic mass is 16.6. The lowest BCUT2D eigenvalue weighted by Crippen LogP contribution is -2.72. The molecular formula is C9H13NO2. The van der Waals surface area contributed by atoms with E-state index in [9.17, 15) is 0 Å². The number of ether oxygens (including phenoxy) is 2. The first-order chi connectivity index (χ1) is 5.83. The van der Waals surface area contributed by atoms with E-state index in [1.807, 2.05) is 0 Å². The molecule has 0 aromatic heterocycles. The third-order valence-electron chi connectivity index (χ3n) is 4.37. The Balaban J connectivity index is 1.83. The third-order valence-corrected chi connectivity index (χ3v) is 4.37. The molecule has 5 unspecified atom stereocenters. The van der Waals surface area contributed by atoms with Gasteiger partial charge < -0.3 is 15.2 Å². The van der Waals surface area contributed by atoms with E-state index in [0.29, 0.717) is 29.8 Å². The Bertz CT molecular complexity index is 249. The van der Waals surface area contributed by atoms with Gasteiger partial charge in [0.1, 0.15) is 0 Å². The first-order valence-corrected chi connectivity index (χ1v) is 4.90. The monoisotopic (exact) mass is 167 g/mol. The first-order valence-electron chi connectivity index (χ1n) is 4.90. The summed E-state index contributed by atoms with van der Waals surface area (Å²) in [6.07, 6.45) is 5.21. The van der Waals surface area contributed by atoms with Gasteiger partial charge in [-0.3, -0.25) is 0 Å². The minimum atomic E-state index is 0.245. The highest BCUT2D eigenvalue weighted by Gasteiger charge is 2.79. The Morgan fingerprint density at radius 3 is 2.50 bits per heavy atom. The quantitative estimate of drug-likeness (QED) is 0.553. The molecule has 0 amide bonds. The molecule has 0 aromatic rings. The first kappa shape index (κ1) is 6.35. The maximum Gasteiger partial charge on any atom is 0.0862 e. The molecule has 3 nitrogen and oxygen atoms in total. The van der Waals surface area contributed by atoms with Crippen LogP contribution in [0.2, 0.25) is 0 Å². The van der Waals surface area contributed by atoms with E-state index >= 15 is 0 Å². The highest BCUT2D eigenvalue weighted by molar-refractivity contribution is 5.26. The van der Waals surface area contributed by atoms with Gasteiger partial charge in [0.05, 0.1) is 29.8 Å². The summed E-state index contributed by atoms with van der Waals surface area (Å²) in [7, 11) is 0. The van der Waals surface area contributed by atoms with Crippen LogP contribution in [0.1, 0.15) is 19.3 Å². The lowest BCUT2D eigenvalue weighted by molar-refractivity contribution is -0.353. The summed E-state index contributed by atoms with van der Waals surface area (Å²) in [5.41, 5.74) is 6.38. The van der Waals surface area contributed by atoms with Crippen molar-refractivity contribution in [3.8, 4) is 0 Å². The molecule has 4 fully saturated rings. The largest absolute Gasteiger partial charge is 0.373 e. The SMILES string of the molecule is N[C@@H]1CC2OC3CCC4OC1C324. The van der Waals surface area contributed by atoms with Crippen molar-refractivity contribution in [1.29, 1.82) is 0 Å². The van der Waals surface area contributed by atoms with Crippen molar-refractivity contribution in [2.45, 2.75) is 49.7 Å². The van der Waals surface area contributed by atoms with Crippen molar-refractivity contribution in [2.24, 2.45) is 11.1 Å². The zero-order valence-corrected chi connectivity index (χ0v) is 6.90. The normalized spacial score (nSPS) is 71.2. The summed E-state index contributed by atoms with van der Waals surface area (Å²) < 4.78 is 11.6. The zero-order valence-electron chi connectivity index (χ0n) is 6.90. The second kappa shape index (κ2) is 1.59. The molecule has 3 heteroatoms. The summed E-state index contributed by atoms with van der Waals surface area (Å²) in [6.45, 7) is 0. The highest BCUT2D eigenvalue weighted by Crippen LogP contribution is 2.68. The summed E-state index contributed by atoms with van der Waals surface area (Å²) in [5.74, 6) is 0. The van der Waals surface area contributed by atoms with E-state index in [-0.39, 0.29) is 6.04 Å². The number of rotatable bonds is 0. The fourth-order valence-corrected chi connectivity index (χ4v) is 3.91. The van der Waals surface area contributed by atoms with Crippen molar-refractivity contribution in [2.75, 3.05) is 0 Å². The third kappa shape index (κ3) is 0.387. The van der Waals surface area contributed by atoms with Gasteiger partial charge in [-0.05, 0) is 19.3 Å². The van der Waals surface area contributed by atoms with Crippen molar-refractivity contribution < 1.29 is 9.47 Å². The minimum Gasteiger partial charge on any atom is -0.373 e. The van der Waals surface area contributed by atoms with Gasteiger partial charge in [-0.15, -0.1) is 0 Å². The predicted octanol–water partition coefficient (Wildman–Crippen LogP) is 0.0324. The van der Waals surface area contributed by atoms with Crippen LogP contribution in [0.5, 0.6) is 0 Å². The Morgan fingerprint density at radius 2 is 1.83 bits per heavy atom. The van der Waals surface area contributed by atoms with Gasteiger partial charge in [0.25, 0.3) is 0 Å². The Morgan fingerprint density at radius 1 is 1.08 bits per heavy atom. The topological polar surface area (TPSA) is 44.5 Å². The predicted molar refractivity (Wildman–Crippen MR) is 41.6 cm³/mol. The maximum absolute atomic E-state index is 5.98. The van der Waals surface area contributed by atoms with Gasteiger partial charge in [0.15, 0.2) is 0 Å². The number of hydrogen-bond donors (Lipinski definition) is 1. The molecule has 6 atom stereocenters. The molecule has 0 radical (unpaired) electrons. The van der Waals surface area contributed by atoms with E-state index in [1.165, 1.54) is 12.8 Å². The summed E-state index contributed by atoms with van der Waals surface area (Å²) in [6, 6.07) is 0.245. The summed E-state index contributed by atoms with van der Waals surface area (Å²) in [5, 5.41) is 0. The molecule has 2 saturated heterocycles. The molecular weight excluding hydrogens is 154 g/mol. The van der Waals surface area contributed by atoms with Gasteiger partial charge in [0.2, 0.25) is 0 Å². The minimum absolute atomic E-state index is 0.245. The molecule has 2 heterocycles. The zero-order chi connectivity index (χ0) is 7.92. The lowest BCUT2D eigenvalue weighted by Gasteiger charge is -2.60. The van der Waals surface area contributed by atoms with E-state index in [1.54, 1.807) is 0 Å². The van der Waals surface area contributed by atoms with Gasteiger partial charge in [-0.25, -0.2) is 0 Å². The Labute approximate surface area is 71.2 Å². The summed E-state index contributed by atoms with van der Waals surface area (Å²) in [4.78, 5) is 0. The Hall–Kier alpha value is -0.120. The van der Waals surface area contributed by atoms with E-state index in [4.69, 9.17) is 15.2 Å². The van der Waals surface area contributed by atoms with Crippen LogP contribution in [0.3, 0.4) is 0 Å². The molecule has 2 N–H and O–H groups in total. The summed E-state index contributed by atoms with van der Waals surface area (Å²) >= 11 is 0. The van der Waals surface area contributed by atoms with Crippen LogP contribution in [0.4, 0.5) is 0 Å². The molecule has 4 aliphatic rings. The van der Waals surface area contributed by atoms with Crippen LogP contribution < -0.4 is 5.73 Å². The van der Waals surface area contributed by atoms with Gasteiger partial charge >= 0.3 is 0 Å². The fraction of sp³-hybridized carbons (Fsp3) is 1.00. The van der Waals surface area contributed by atoms with Gasteiger partial charge in [0, 0.05) is 6.04 Å². The molecule has 2 aliphatic carbocycles. The fourth-order valence-electron chi connectivity index (χ4n) is 3.91. The van der Waals surface area contributed by atoms with Gasteiger partial charge in [-0.2, -0.15) is 0 Å². The van der Waals surface area contributed by atoms with Crippen LogP contribution in [0, 0.1) is 5.41 Å². The van der Waals surface area contributed by atoms with Crippen molar-refractivity contribution in [1.82, 2.24) is 0 Å². The van der Waals surface area contributed by atoms with Crippen LogP contribution in [-0.2, 0) is 9.47 Å². The second-order valence-electron chi connectivity index (χ2n) is 4.64. The van der Waals surface area contributed by atoms with E-state index in [2.05, 4.69) is 0 Å². The van der Waals surface area contributed by atoms with Crippen LogP contribution in [-0.4, -0.2) is 30.5 Å².